The van der Waals surface area contributed by atoms with Crippen molar-refractivity contribution in [1.29, 1.82) is 0 Å². The van der Waals surface area contributed by atoms with Gasteiger partial charge in [0.2, 0.25) is 11.1 Å². The van der Waals surface area contributed by atoms with E-state index in [1.807, 2.05) is 6.07 Å². The third-order valence-corrected chi connectivity index (χ3v) is 3.92. The molecule has 0 fully saturated rings. The van der Waals surface area contributed by atoms with Crippen LogP contribution < -0.4 is 17.0 Å². The number of anilines is 1. The summed E-state index contributed by atoms with van der Waals surface area (Å²) in [5.74, 6) is 5.69. The fraction of sp³-hybridized carbons (Fsp3) is 0.100. The first kappa shape index (κ1) is 13.8. The number of H-pyrrole nitrogens is 1. The zero-order valence-electron chi connectivity index (χ0n) is 9.68. The first-order valence-electron chi connectivity index (χ1n) is 5.20. The Kier molecular flexibility index (Phi) is 4.40. The Balaban J connectivity index is 2.07. The molecule has 9 heteroatoms. The zero-order chi connectivity index (χ0) is 13.8. The summed E-state index contributed by atoms with van der Waals surface area (Å²) in [5.41, 5.74) is 9.03. The van der Waals surface area contributed by atoms with Gasteiger partial charge >= 0.3 is 0 Å². The molecule has 1 aromatic carbocycles. The lowest BCUT2D eigenvalue weighted by Gasteiger charge is -2.05. The van der Waals surface area contributed by atoms with Crippen LogP contribution in [0.1, 0.15) is 15.9 Å². The number of aromatic amines is 1. The van der Waals surface area contributed by atoms with Gasteiger partial charge in [-0.15, -0.1) is 5.10 Å². The number of benzene rings is 1. The number of thioether (sulfide) groups is 1. The highest BCUT2D eigenvalue weighted by Crippen LogP contribution is 2.26. The number of nitrogens with two attached hydrogens (primary N) is 2. The minimum Gasteiger partial charge on any atom is -0.368 e. The highest BCUT2D eigenvalue weighted by Gasteiger charge is 2.08. The maximum atomic E-state index is 11.4. The van der Waals surface area contributed by atoms with Crippen LogP contribution in [-0.4, -0.2) is 21.1 Å². The second-order valence-corrected chi connectivity index (χ2v) is 5.37. The molecular formula is C10H11BrN6OS. The lowest BCUT2D eigenvalue weighted by atomic mass is 10.1. The lowest BCUT2D eigenvalue weighted by molar-refractivity contribution is 0.0953. The van der Waals surface area contributed by atoms with Crippen molar-refractivity contribution in [3.63, 3.8) is 0 Å². The number of hydrazine groups is 1. The van der Waals surface area contributed by atoms with Gasteiger partial charge in [0.05, 0.1) is 0 Å². The molecule has 0 saturated carbocycles. The van der Waals surface area contributed by atoms with Crippen molar-refractivity contribution >= 4 is 39.5 Å². The van der Waals surface area contributed by atoms with Crippen LogP contribution in [-0.2, 0) is 5.75 Å². The van der Waals surface area contributed by atoms with Crippen LogP contribution >= 0.6 is 27.7 Å². The molecule has 0 saturated heterocycles. The Morgan fingerprint density at radius 1 is 1.53 bits per heavy atom. The molecule has 0 bridgehead atoms. The maximum absolute atomic E-state index is 11.4. The number of carbonyl (C=O) groups is 1. The van der Waals surface area contributed by atoms with Crippen LogP contribution in [0.4, 0.5) is 5.95 Å². The van der Waals surface area contributed by atoms with E-state index in [9.17, 15) is 4.79 Å². The fourth-order valence-corrected chi connectivity index (χ4v) is 2.87. The van der Waals surface area contributed by atoms with Gasteiger partial charge in [0.15, 0.2) is 0 Å². The summed E-state index contributed by atoms with van der Waals surface area (Å²) in [4.78, 5) is 15.4. The van der Waals surface area contributed by atoms with E-state index < -0.39 is 0 Å². The Labute approximate surface area is 121 Å². The smallest absolute Gasteiger partial charge is 0.265 e. The van der Waals surface area contributed by atoms with Crippen LogP contribution in [0, 0.1) is 0 Å². The number of carbonyl (C=O) groups excluding carboxylic acids is 1. The summed E-state index contributed by atoms with van der Waals surface area (Å²) in [7, 11) is 0. The van der Waals surface area contributed by atoms with Crippen molar-refractivity contribution in [2.45, 2.75) is 10.9 Å². The Morgan fingerprint density at radius 3 is 2.89 bits per heavy atom. The minimum absolute atomic E-state index is 0.288. The summed E-state index contributed by atoms with van der Waals surface area (Å²) in [6.07, 6.45) is 0. The molecule has 6 N–H and O–H groups in total. The predicted molar refractivity (Wildman–Crippen MR) is 76.2 cm³/mol. The van der Waals surface area contributed by atoms with Crippen LogP contribution in [0.2, 0.25) is 0 Å². The number of halogens is 1. The van der Waals surface area contributed by atoms with E-state index in [-0.39, 0.29) is 11.9 Å². The van der Waals surface area contributed by atoms with Gasteiger partial charge in [0, 0.05) is 15.8 Å². The minimum atomic E-state index is -0.332. The van der Waals surface area contributed by atoms with Gasteiger partial charge in [-0.25, -0.2) is 10.9 Å². The zero-order valence-corrected chi connectivity index (χ0v) is 12.1. The third kappa shape index (κ3) is 3.46. The topological polar surface area (TPSA) is 123 Å². The van der Waals surface area contributed by atoms with Crippen molar-refractivity contribution in [2.75, 3.05) is 5.73 Å². The molecule has 0 aliphatic carbocycles. The molecule has 0 unspecified atom stereocenters. The second kappa shape index (κ2) is 6.04. The summed E-state index contributed by atoms with van der Waals surface area (Å²) in [6.45, 7) is 0. The first-order chi connectivity index (χ1) is 9.10. The average Bonchev–Trinajstić information content (AvgIpc) is 2.82. The summed E-state index contributed by atoms with van der Waals surface area (Å²) >= 11 is 4.86. The number of hydrogen-bond donors (Lipinski definition) is 4. The number of nitrogen functional groups attached to an aromatic ring is 2. The van der Waals surface area contributed by atoms with Crippen LogP contribution in [0.3, 0.4) is 0 Å². The van der Waals surface area contributed by atoms with E-state index in [0.29, 0.717) is 16.5 Å². The van der Waals surface area contributed by atoms with E-state index >= 15 is 0 Å². The number of amides is 1. The lowest BCUT2D eigenvalue weighted by Crippen LogP contribution is -2.29. The third-order valence-electron chi connectivity index (χ3n) is 2.29. The predicted octanol–water partition coefficient (Wildman–Crippen LogP) is 1.05. The molecule has 1 heterocycles. The highest BCUT2D eigenvalue weighted by molar-refractivity contribution is 9.10. The molecule has 0 aliphatic heterocycles. The normalized spacial score (nSPS) is 10.4. The maximum Gasteiger partial charge on any atom is 0.265 e. The van der Waals surface area contributed by atoms with Crippen LogP contribution in [0.15, 0.2) is 27.8 Å². The summed E-state index contributed by atoms with van der Waals surface area (Å²) < 4.78 is 0.824. The van der Waals surface area contributed by atoms with E-state index in [1.165, 1.54) is 11.8 Å². The van der Waals surface area contributed by atoms with Gasteiger partial charge < -0.3 is 5.73 Å². The molecule has 2 aromatic rings. The van der Waals surface area contributed by atoms with Gasteiger partial charge in [-0.1, -0.05) is 33.8 Å². The van der Waals surface area contributed by atoms with Gasteiger partial charge in [-0.3, -0.25) is 10.2 Å². The number of hydrogen-bond acceptors (Lipinski definition) is 6. The highest BCUT2D eigenvalue weighted by atomic mass is 79.9. The van der Waals surface area contributed by atoms with Crippen molar-refractivity contribution in [3.8, 4) is 0 Å². The molecular weight excluding hydrogens is 332 g/mol. The molecule has 1 amide bonds. The fourth-order valence-electron chi connectivity index (χ4n) is 1.35. The quantitative estimate of drug-likeness (QED) is 0.285. The molecule has 0 radical (unpaired) electrons. The van der Waals surface area contributed by atoms with Crippen molar-refractivity contribution in [3.05, 3.63) is 33.8 Å². The van der Waals surface area contributed by atoms with Gasteiger partial charge in [-0.2, -0.15) is 4.98 Å². The Hall–Kier alpha value is -1.58. The molecule has 0 spiro atoms. The van der Waals surface area contributed by atoms with Crippen LogP contribution in [0.5, 0.6) is 0 Å². The summed E-state index contributed by atoms with van der Waals surface area (Å²) in [5, 5.41) is 7.07. The molecule has 19 heavy (non-hydrogen) atoms. The van der Waals surface area contributed by atoms with E-state index in [0.717, 1.165) is 10.0 Å². The van der Waals surface area contributed by atoms with Crippen molar-refractivity contribution < 1.29 is 4.79 Å². The molecule has 0 atom stereocenters. The number of nitrogens with one attached hydrogen (secondary N) is 2. The summed E-state index contributed by atoms with van der Waals surface area (Å²) in [6, 6.07) is 5.26. The van der Waals surface area contributed by atoms with Crippen molar-refractivity contribution in [2.24, 2.45) is 5.84 Å². The van der Waals surface area contributed by atoms with Gasteiger partial charge in [0.25, 0.3) is 5.91 Å². The molecule has 7 nitrogen and oxygen atoms in total. The average molecular weight is 343 g/mol. The monoisotopic (exact) mass is 342 g/mol. The first-order valence-corrected chi connectivity index (χ1v) is 6.98. The van der Waals surface area contributed by atoms with Crippen LogP contribution in [0.25, 0.3) is 0 Å². The number of nitrogens with zero attached hydrogens (tertiary/aromatic N) is 2. The van der Waals surface area contributed by atoms with E-state index in [4.69, 9.17) is 11.6 Å². The SMILES string of the molecule is NNC(=O)c1ccc(CSc2n[nH]c(N)n2)c(Br)c1. The largest absolute Gasteiger partial charge is 0.368 e. The van der Waals surface area contributed by atoms with Gasteiger partial charge in [-0.05, 0) is 17.7 Å². The van der Waals surface area contributed by atoms with Crippen molar-refractivity contribution in [1.82, 2.24) is 20.6 Å². The van der Waals surface area contributed by atoms with E-state index in [1.54, 1.807) is 12.1 Å². The van der Waals surface area contributed by atoms with Gasteiger partial charge in [0.1, 0.15) is 0 Å². The Bertz CT molecular complexity index is 601. The molecule has 1 aromatic heterocycles. The Morgan fingerprint density at radius 2 is 2.32 bits per heavy atom. The van der Waals surface area contributed by atoms with E-state index in [2.05, 4.69) is 36.5 Å². The molecule has 0 aliphatic rings. The standard InChI is InChI=1S/C10H11BrN6OS/c11-7-3-5(8(18)15-13)1-2-6(7)4-19-10-14-9(12)16-17-10/h1-3H,4,13H2,(H,15,18)(H3,12,14,16,17). The molecule has 100 valence electrons. The number of rotatable bonds is 4. The molecule has 2 rings (SSSR count). The second-order valence-electron chi connectivity index (χ2n) is 3.57. The number of aromatic nitrogens is 3.